The molecule has 1 aromatic heterocycles. The first-order chi connectivity index (χ1) is 11.5. The van der Waals surface area contributed by atoms with Gasteiger partial charge in [-0.25, -0.2) is 4.79 Å². The van der Waals surface area contributed by atoms with Gasteiger partial charge in [0.1, 0.15) is 0 Å². The molecule has 1 aliphatic heterocycles. The molecule has 24 heavy (non-hydrogen) atoms. The topological polar surface area (TPSA) is 70.5 Å². The Bertz CT molecular complexity index is 773. The summed E-state index contributed by atoms with van der Waals surface area (Å²) in [7, 11) is 0. The maximum absolute atomic E-state index is 11.6. The number of carboxylic acid groups (broad SMARTS) is 1. The number of likely N-dealkylation sites (tertiary alicyclic amines) is 1. The average molecular weight is 324 g/mol. The maximum atomic E-state index is 11.6. The van der Waals surface area contributed by atoms with E-state index in [1.807, 2.05) is 29.2 Å². The Morgan fingerprint density at radius 2 is 2.00 bits per heavy atom. The van der Waals surface area contributed by atoms with Gasteiger partial charge in [0.25, 0.3) is 0 Å². The van der Waals surface area contributed by atoms with E-state index in [2.05, 4.69) is 0 Å². The number of aromatic nitrogens is 1. The van der Waals surface area contributed by atoms with E-state index in [1.54, 1.807) is 25.1 Å². The Kier molecular flexibility index (Phi) is 4.60. The molecule has 1 fully saturated rings. The minimum atomic E-state index is -0.947. The van der Waals surface area contributed by atoms with Crippen molar-refractivity contribution in [3.05, 3.63) is 53.7 Å². The number of benzene rings is 1. The molecule has 0 saturated carbocycles. The van der Waals surface area contributed by atoms with E-state index in [9.17, 15) is 9.59 Å². The summed E-state index contributed by atoms with van der Waals surface area (Å²) in [5.41, 5.74) is 2.76. The fraction of sp³-hybridized carbons (Fsp3) is 0.316. The Balaban J connectivity index is 1.88. The lowest BCUT2D eigenvalue weighted by molar-refractivity contribution is -0.130. The van der Waals surface area contributed by atoms with Gasteiger partial charge in [-0.2, -0.15) is 0 Å². The van der Waals surface area contributed by atoms with Gasteiger partial charge >= 0.3 is 5.97 Å². The predicted octanol–water partition coefficient (Wildman–Crippen LogP) is 3.17. The van der Waals surface area contributed by atoms with Crippen LogP contribution in [0, 0.1) is 0 Å². The molecule has 1 N–H and O–H groups in total. The van der Waals surface area contributed by atoms with E-state index in [-0.39, 0.29) is 17.4 Å². The smallest absolute Gasteiger partial charge is 0.335 e. The highest BCUT2D eigenvalue weighted by Crippen LogP contribution is 2.28. The molecular weight excluding hydrogens is 304 g/mol. The van der Waals surface area contributed by atoms with Crippen LogP contribution in [0.5, 0.6) is 0 Å². The summed E-state index contributed by atoms with van der Waals surface area (Å²) < 4.78 is 0. The summed E-state index contributed by atoms with van der Waals surface area (Å²) in [5.74, 6) is -0.618. The van der Waals surface area contributed by atoms with Crippen LogP contribution in [0.2, 0.25) is 0 Å². The van der Waals surface area contributed by atoms with Crippen molar-refractivity contribution in [3.63, 3.8) is 0 Å². The summed E-state index contributed by atoms with van der Waals surface area (Å²) in [6.45, 7) is 3.11. The van der Waals surface area contributed by atoms with Crippen molar-refractivity contribution in [1.29, 1.82) is 0 Å². The maximum Gasteiger partial charge on any atom is 0.335 e. The molecular formula is C19H20N2O3. The largest absolute Gasteiger partial charge is 0.478 e. The van der Waals surface area contributed by atoms with Crippen molar-refractivity contribution in [3.8, 4) is 11.3 Å². The molecule has 1 amide bonds. The Morgan fingerprint density at radius 1 is 1.21 bits per heavy atom. The molecule has 3 rings (SSSR count). The van der Waals surface area contributed by atoms with E-state index in [4.69, 9.17) is 10.1 Å². The number of nitrogens with zero attached hydrogens (tertiary/aromatic N) is 2. The van der Waals surface area contributed by atoms with Gasteiger partial charge in [0, 0.05) is 37.2 Å². The normalized spacial score (nSPS) is 17.5. The van der Waals surface area contributed by atoms with Crippen LogP contribution < -0.4 is 0 Å². The van der Waals surface area contributed by atoms with Crippen molar-refractivity contribution in [2.75, 3.05) is 13.1 Å². The van der Waals surface area contributed by atoms with E-state index < -0.39 is 5.97 Å². The van der Waals surface area contributed by atoms with Crippen molar-refractivity contribution in [2.24, 2.45) is 0 Å². The van der Waals surface area contributed by atoms with Crippen LogP contribution in [0.15, 0.2) is 42.5 Å². The standard InChI is InChI=1S/C19H20N2O3/c1-13(22)21-10-4-7-16(12-21)18-9-3-8-17(20-18)14-5-2-6-15(11-14)19(23)24/h2-3,5-6,8-9,11,16H,4,7,10,12H2,1H3,(H,23,24)/t16-/m1/s1. The van der Waals surface area contributed by atoms with E-state index in [0.29, 0.717) is 6.54 Å². The minimum absolute atomic E-state index is 0.102. The molecule has 5 heteroatoms. The van der Waals surface area contributed by atoms with Gasteiger partial charge in [-0.15, -0.1) is 0 Å². The van der Waals surface area contributed by atoms with E-state index in [1.165, 1.54) is 0 Å². The third kappa shape index (κ3) is 3.45. The van der Waals surface area contributed by atoms with Gasteiger partial charge in [0.2, 0.25) is 5.91 Å². The molecule has 0 aliphatic carbocycles. The second-order valence-electron chi connectivity index (χ2n) is 6.14. The lowest BCUT2D eigenvalue weighted by Gasteiger charge is -2.31. The highest BCUT2D eigenvalue weighted by atomic mass is 16.4. The SMILES string of the molecule is CC(=O)N1CCC[C@@H](c2cccc(-c3cccc(C(=O)O)c3)n2)C1. The lowest BCUT2D eigenvalue weighted by Crippen LogP contribution is -2.37. The zero-order chi connectivity index (χ0) is 17.1. The fourth-order valence-electron chi connectivity index (χ4n) is 3.16. The van der Waals surface area contributed by atoms with Crippen molar-refractivity contribution in [1.82, 2.24) is 9.88 Å². The molecule has 0 radical (unpaired) electrons. The number of pyridine rings is 1. The molecule has 0 bridgehead atoms. The predicted molar refractivity (Wildman–Crippen MR) is 90.9 cm³/mol. The molecule has 1 atom stereocenters. The third-order valence-corrected chi connectivity index (χ3v) is 4.46. The zero-order valence-corrected chi connectivity index (χ0v) is 13.6. The molecule has 2 heterocycles. The molecule has 0 unspecified atom stereocenters. The van der Waals surface area contributed by atoms with Gasteiger partial charge in [-0.05, 0) is 37.1 Å². The number of piperidine rings is 1. The summed E-state index contributed by atoms with van der Waals surface area (Å²) in [5, 5.41) is 9.14. The zero-order valence-electron chi connectivity index (χ0n) is 13.6. The molecule has 5 nitrogen and oxygen atoms in total. The molecule has 124 valence electrons. The highest BCUT2D eigenvalue weighted by Gasteiger charge is 2.24. The number of carboxylic acids is 1. The van der Waals surface area contributed by atoms with Crippen molar-refractivity contribution >= 4 is 11.9 Å². The van der Waals surface area contributed by atoms with Crippen molar-refractivity contribution < 1.29 is 14.7 Å². The van der Waals surface area contributed by atoms with Crippen LogP contribution in [0.1, 0.15) is 41.7 Å². The number of amides is 1. The minimum Gasteiger partial charge on any atom is -0.478 e. The number of rotatable bonds is 3. The first-order valence-electron chi connectivity index (χ1n) is 8.11. The number of carbonyl (C=O) groups is 2. The number of carbonyl (C=O) groups excluding carboxylic acids is 1. The monoisotopic (exact) mass is 324 g/mol. The van der Waals surface area contributed by atoms with Gasteiger partial charge in [0.15, 0.2) is 0 Å². The molecule has 1 aromatic carbocycles. The molecule has 1 aliphatic rings. The molecule has 2 aromatic rings. The second-order valence-corrected chi connectivity index (χ2v) is 6.14. The second kappa shape index (κ2) is 6.83. The van der Waals surface area contributed by atoms with Gasteiger partial charge in [0.05, 0.1) is 11.3 Å². The lowest BCUT2D eigenvalue weighted by atomic mass is 9.93. The summed E-state index contributed by atoms with van der Waals surface area (Å²) in [6, 6.07) is 12.6. The number of aromatic carboxylic acids is 1. The first-order valence-corrected chi connectivity index (χ1v) is 8.11. The van der Waals surface area contributed by atoms with Crippen LogP contribution in [0.25, 0.3) is 11.3 Å². The van der Waals surface area contributed by atoms with Crippen LogP contribution in [0.4, 0.5) is 0 Å². The number of hydrogen-bond acceptors (Lipinski definition) is 3. The van der Waals surface area contributed by atoms with Crippen LogP contribution in [-0.2, 0) is 4.79 Å². The molecule has 1 saturated heterocycles. The quantitative estimate of drug-likeness (QED) is 0.941. The molecule has 0 spiro atoms. The van der Waals surface area contributed by atoms with Gasteiger partial charge in [-0.3, -0.25) is 9.78 Å². The average Bonchev–Trinajstić information content (AvgIpc) is 2.62. The first kappa shape index (κ1) is 16.2. The summed E-state index contributed by atoms with van der Waals surface area (Å²) >= 11 is 0. The third-order valence-electron chi connectivity index (χ3n) is 4.46. The van der Waals surface area contributed by atoms with Crippen LogP contribution in [-0.4, -0.2) is 40.0 Å². The summed E-state index contributed by atoms with van der Waals surface area (Å²) in [6.07, 6.45) is 1.99. The number of hydrogen-bond donors (Lipinski definition) is 1. The van der Waals surface area contributed by atoms with Crippen LogP contribution in [0.3, 0.4) is 0 Å². The Labute approximate surface area is 140 Å². The fourth-order valence-corrected chi connectivity index (χ4v) is 3.16. The highest BCUT2D eigenvalue weighted by molar-refractivity contribution is 5.89. The van der Waals surface area contributed by atoms with Gasteiger partial charge < -0.3 is 10.0 Å². The van der Waals surface area contributed by atoms with E-state index >= 15 is 0 Å². The summed E-state index contributed by atoms with van der Waals surface area (Å²) in [4.78, 5) is 29.4. The van der Waals surface area contributed by atoms with E-state index in [0.717, 1.165) is 36.3 Å². The Morgan fingerprint density at radius 3 is 2.75 bits per heavy atom. The van der Waals surface area contributed by atoms with Gasteiger partial charge in [-0.1, -0.05) is 18.2 Å². The van der Waals surface area contributed by atoms with Crippen LogP contribution >= 0.6 is 0 Å². The Hall–Kier alpha value is -2.69. The van der Waals surface area contributed by atoms with Crippen molar-refractivity contribution in [2.45, 2.75) is 25.7 Å².